The summed E-state index contributed by atoms with van der Waals surface area (Å²) in [7, 11) is 0. The van der Waals surface area contributed by atoms with E-state index in [2.05, 4.69) is 15.9 Å². The van der Waals surface area contributed by atoms with Crippen molar-refractivity contribution in [2.45, 2.75) is 11.5 Å². The summed E-state index contributed by atoms with van der Waals surface area (Å²) in [5.74, 6) is 0. The lowest BCUT2D eigenvalue weighted by molar-refractivity contribution is -0.137. The molecule has 1 aromatic heterocycles. The number of rotatable bonds is 1. The molecule has 1 aromatic rings. The van der Waals surface area contributed by atoms with Gasteiger partial charge in [-0.1, -0.05) is 15.9 Å². The van der Waals surface area contributed by atoms with E-state index < -0.39 is 17.3 Å². The second kappa shape index (κ2) is 3.53. The van der Waals surface area contributed by atoms with Gasteiger partial charge in [0.05, 0.1) is 5.56 Å². The molecule has 0 fully saturated rings. The van der Waals surface area contributed by atoms with Crippen molar-refractivity contribution in [1.29, 1.82) is 0 Å². The Labute approximate surface area is 79.9 Å². The minimum atomic E-state index is -4.42. The lowest BCUT2D eigenvalue weighted by Gasteiger charge is -2.06. The van der Waals surface area contributed by atoms with Crippen LogP contribution in [-0.4, -0.2) is 4.98 Å². The molecule has 0 bridgehead atoms. The predicted octanol–water partition coefficient (Wildman–Crippen LogP) is 2.29. The number of aromatic nitrogens is 1. The topological polar surface area (TPSA) is 32.9 Å². The molecule has 2 nitrogen and oxygen atoms in total. The number of H-pyrrole nitrogens is 1. The molecule has 6 heteroatoms. The number of hydrogen-bond acceptors (Lipinski definition) is 1. The fraction of sp³-hybridized carbons (Fsp3) is 0.286. The number of nitrogens with one attached hydrogen (secondary N) is 1. The number of pyridine rings is 1. The van der Waals surface area contributed by atoms with Crippen LogP contribution in [0.2, 0.25) is 0 Å². The minimum Gasteiger partial charge on any atom is -0.328 e. The number of alkyl halides is 4. The normalized spacial score (nSPS) is 11.7. The van der Waals surface area contributed by atoms with Crippen molar-refractivity contribution < 1.29 is 13.2 Å². The van der Waals surface area contributed by atoms with Crippen LogP contribution in [-0.2, 0) is 11.5 Å². The highest BCUT2D eigenvalue weighted by molar-refractivity contribution is 9.08. The molecule has 0 spiro atoms. The fourth-order valence-corrected chi connectivity index (χ4v) is 1.21. The Balaban J connectivity index is 3.22. The van der Waals surface area contributed by atoms with Gasteiger partial charge in [0.1, 0.15) is 0 Å². The van der Waals surface area contributed by atoms with E-state index in [4.69, 9.17) is 0 Å². The molecule has 0 aliphatic heterocycles. The first kappa shape index (κ1) is 10.3. The lowest BCUT2D eigenvalue weighted by Crippen LogP contribution is -2.15. The summed E-state index contributed by atoms with van der Waals surface area (Å²) in [5.41, 5.74) is -1.29. The molecular formula is C7H5BrF3NO. The molecule has 1 N–H and O–H groups in total. The van der Waals surface area contributed by atoms with E-state index in [9.17, 15) is 18.0 Å². The van der Waals surface area contributed by atoms with Gasteiger partial charge in [-0.25, -0.2) is 0 Å². The average Bonchev–Trinajstić information content (AvgIpc) is 2.03. The smallest absolute Gasteiger partial charge is 0.328 e. The van der Waals surface area contributed by atoms with Crippen molar-refractivity contribution in [2.24, 2.45) is 0 Å². The predicted molar refractivity (Wildman–Crippen MR) is 44.7 cm³/mol. The quantitative estimate of drug-likeness (QED) is 0.768. The summed E-state index contributed by atoms with van der Waals surface area (Å²) in [6.45, 7) is 0. The number of aromatic amines is 1. The molecule has 0 amide bonds. The van der Waals surface area contributed by atoms with Gasteiger partial charge in [0.15, 0.2) is 0 Å². The molecule has 0 atom stereocenters. The van der Waals surface area contributed by atoms with Gasteiger partial charge in [0.25, 0.3) is 5.56 Å². The largest absolute Gasteiger partial charge is 0.417 e. The highest BCUT2D eigenvalue weighted by atomic mass is 79.9. The van der Waals surface area contributed by atoms with Crippen LogP contribution in [0.4, 0.5) is 13.2 Å². The maximum atomic E-state index is 12.1. The van der Waals surface area contributed by atoms with Gasteiger partial charge < -0.3 is 4.98 Å². The summed E-state index contributed by atoms with van der Waals surface area (Å²) < 4.78 is 36.3. The van der Waals surface area contributed by atoms with Gasteiger partial charge in [0, 0.05) is 17.1 Å². The highest BCUT2D eigenvalue weighted by Gasteiger charge is 2.31. The molecule has 13 heavy (non-hydrogen) atoms. The Kier molecular flexibility index (Phi) is 2.80. The molecular weight excluding hydrogens is 251 g/mol. The van der Waals surface area contributed by atoms with E-state index in [1.54, 1.807) is 0 Å². The van der Waals surface area contributed by atoms with E-state index in [-0.39, 0.29) is 10.9 Å². The first-order chi connectivity index (χ1) is 5.95. The summed E-state index contributed by atoms with van der Waals surface area (Å²) in [4.78, 5) is 12.9. The standard InChI is InChI=1S/C7H5BrF3NO/c8-2-4-1-5(7(9,10)11)3-12-6(4)13/h1,3H,2H2,(H,12,13). The van der Waals surface area contributed by atoms with Gasteiger partial charge >= 0.3 is 6.18 Å². The van der Waals surface area contributed by atoms with Crippen molar-refractivity contribution >= 4 is 15.9 Å². The molecule has 0 unspecified atom stereocenters. The van der Waals surface area contributed by atoms with Crippen molar-refractivity contribution in [3.8, 4) is 0 Å². The molecule has 1 rings (SSSR count). The van der Waals surface area contributed by atoms with E-state index in [0.717, 1.165) is 6.07 Å². The zero-order chi connectivity index (χ0) is 10.1. The average molecular weight is 256 g/mol. The molecule has 0 aliphatic rings. The van der Waals surface area contributed by atoms with Crippen LogP contribution >= 0.6 is 15.9 Å². The van der Waals surface area contributed by atoms with Crippen LogP contribution in [0.5, 0.6) is 0 Å². The van der Waals surface area contributed by atoms with E-state index >= 15 is 0 Å². The van der Waals surface area contributed by atoms with E-state index in [0.29, 0.717) is 6.20 Å². The Hall–Kier alpha value is -0.780. The molecule has 0 aliphatic carbocycles. The van der Waals surface area contributed by atoms with Crippen molar-refractivity contribution in [2.75, 3.05) is 0 Å². The van der Waals surface area contributed by atoms with Crippen LogP contribution in [0, 0.1) is 0 Å². The summed E-state index contributed by atoms with van der Waals surface area (Å²) in [6.07, 6.45) is -3.75. The minimum absolute atomic E-state index is 0.0647. The first-order valence-corrected chi connectivity index (χ1v) is 4.42. The Morgan fingerprint density at radius 3 is 2.54 bits per heavy atom. The van der Waals surface area contributed by atoms with Crippen LogP contribution in [0.25, 0.3) is 0 Å². The van der Waals surface area contributed by atoms with E-state index in [1.165, 1.54) is 0 Å². The monoisotopic (exact) mass is 255 g/mol. The fourth-order valence-electron chi connectivity index (χ4n) is 0.794. The van der Waals surface area contributed by atoms with Crippen LogP contribution < -0.4 is 5.56 Å². The number of hydrogen-bond donors (Lipinski definition) is 1. The van der Waals surface area contributed by atoms with Crippen molar-refractivity contribution in [3.63, 3.8) is 0 Å². The molecule has 0 saturated heterocycles. The zero-order valence-electron chi connectivity index (χ0n) is 6.28. The van der Waals surface area contributed by atoms with Crippen LogP contribution in [0.3, 0.4) is 0 Å². The van der Waals surface area contributed by atoms with Gasteiger partial charge in [-0.05, 0) is 6.07 Å². The molecule has 1 heterocycles. The third-order valence-corrected chi connectivity index (χ3v) is 2.06. The van der Waals surface area contributed by atoms with Crippen LogP contribution in [0.1, 0.15) is 11.1 Å². The van der Waals surface area contributed by atoms with Crippen LogP contribution in [0.15, 0.2) is 17.1 Å². The van der Waals surface area contributed by atoms with Gasteiger partial charge in [-0.2, -0.15) is 13.2 Å². The van der Waals surface area contributed by atoms with Gasteiger partial charge in [-0.3, -0.25) is 4.79 Å². The summed E-state index contributed by atoms with van der Waals surface area (Å²) in [6, 6.07) is 0.827. The molecule has 0 radical (unpaired) electrons. The van der Waals surface area contributed by atoms with Gasteiger partial charge in [0.2, 0.25) is 0 Å². The second-order valence-electron chi connectivity index (χ2n) is 2.37. The molecule has 0 saturated carbocycles. The van der Waals surface area contributed by atoms with Crippen molar-refractivity contribution in [3.05, 3.63) is 33.7 Å². The molecule has 0 aromatic carbocycles. The first-order valence-electron chi connectivity index (χ1n) is 3.30. The Bertz CT molecular complexity index is 357. The maximum absolute atomic E-state index is 12.1. The second-order valence-corrected chi connectivity index (χ2v) is 2.93. The lowest BCUT2D eigenvalue weighted by atomic mass is 10.2. The number of halogens is 4. The highest BCUT2D eigenvalue weighted by Crippen LogP contribution is 2.28. The van der Waals surface area contributed by atoms with E-state index in [1.807, 2.05) is 4.98 Å². The third-order valence-electron chi connectivity index (χ3n) is 1.45. The SMILES string of the molecule is O=c1[nH]cc(C(F)(F)F)cc1CBr. The summed E-state index contributed by atoms with van der Waals surface area (Å²) >= 11 is 2.92. The van der Waals surface area contributed by atoms with Crippen molar-refractivity contribution in [1.82, 2.24) is 4.98 Å². The maximum Gasteiger partial charge on any atom is 0.417 e. The summed E-state index contributed by atoms with van der Waals surface area (Å²) in [5, 5.41) is 0.103. The van der Waals surface area contributed by atoms with Gasteiger partial charge in [-0.15, -0.1) is 0 Å². The Morgan fingerprint density at radius 2 is 2.08 bits per heavy atom. The Morgan fingerprint density at radius 1 is 1.46 bits per heavy atom. The molecule has 72 valence electrons. The third kappa shape index (κ3) is 2.33. The zero-order valence-corrected chi connectivity index (χ0v) is 7.87.